The molecular formula is C16H18N2O7. The fraction of sp³-hybridized carbons (Fsp3) is 0.312. The number of hydrogen-bond acceptors (Lipinski definition) is 8. The molecule has 0 spiro atoms. The topological polar surface area (TPSA) is 160 Å². The summed E-state index contributed by atoms with van der Waals surface area (Å²) in [5, 5.41) is 41.0. The molecule has 0 aliphatic heterocycles. The Morgan fingerprint density at radius 2 is 1.84 bits per heavy atom. The van der Waals surface area contributed by atoms with Gasteiger partial charge in [0.25, 0.3) is 0 Å². The molecule has 0 saturated carbocycles. The molecule has 0 bridgehead atoms. The van der Waals surface area contributed by atoms with Crippen molar-refractivity contribution in [3.63, 3.8) is 0 Å². The number of fused-ring (bicyclic) bond motifs is 1. The number of nitrogens with one attached hydrogen (secondary N) is 2. The van der Waals surface area contributed by atoms with E-state index in [4.69, 9.17) is 5.11 Å². The molecule has 6 N–H and O–H groups in total. The first-order valence-electron chi connectivity index (χ1n) is 7.40. The zero-order valence-corrected chi connectivity index (χ0v) is 13.0. The van der Waals surface area contributed by atoms with Crippen LogP contribution in [0, 0.1) is 0 Å². The summed E-state index contributed by atoms with van der Waals surface area (Å²) >= 11 is 0. The minimum absolute atomic E-state index is 0.207. The van der Waals surface area contributed by atoms with Gasteiger partial charge in [0.2, 0.25) is 5.56 Å². The number of anilines is 1. The van der Waals surface area contributed by atoms with E-state index in [1.807, 2.05) is 0 Å². The number of aromatic amines is 1. The molecule has 0 fully saturated rings. The van der Waals surface area contributed by atoms with Crippen molar-refractivity contribution in [2.45, 2.75) is 24.4 Å². The smallest absolute Gasteiger partial charge is 0.249 e. The van der Waals surface area contributed by atoms with E-state index in [1.54, 1.807) is 6.07 Å². The van der Waals surface area contributed by atoms with Crippen molar-refractivity contribution in [2.24, 2.45) is 0 Å². The van der Waals surface area contributed by atoms with Crippen LogP contribution in [0.25, 0.3) is 10.9 Å². The van der Waals surface area contributed by atoms with Gasteiger partial charge in [-0.2, -0.15) is 0 Å². The second-order valence-electron chi connectivity index (χ2n) is 5.50. The lowest BCUT2D eigenvalue weighted by atomic mass is 10.0. The highest BCUT2D eigenvalue weighted by molar-refractivity contribution is 5.97. The van der Waals surface area contributed by atoms with Gasteiger partial charge < -0.3 is 35.5 Å². The Balaban J connectivity index is 2.30. The maximum absolute atomic E-state index is 11.5. The Hall–Kier alpha value is -2.59. The molecule has 25 heavy (non-hydrogen) atoms. The van der Waals surface area contributed by atoms with Crippen molar-refractivity contribution in [1.29, 1.82) is 0 Å². The van der Waals surface area contributed by atoms with E-state index in [2.05, 4.69) is 10.3 Å². The average Bonchev–Trinajstić information content (AvgIpc) is 2.62. The summed E-state index contributed by atoms with van der Waals surface area (Å²) in [7, 11) is 0. The quantitative estimate of drug-likeness (QED) is 0.310. The molecule has 0 unspecified atom stereocenters. The maximum atomic E-state index is 11.5. The van der Waals surface area contributed by atoms with Gasteiger partial charge in [-0.05, 0) is 12.1 Å². The molecule has 1 heterocycles. The van der Waals surface area contributed by atoms with Crippen molar-refractivity contribution in [2.75, 3.05) is 11.9 Å². The van der Waals surface area contributed by atoms with Crippen molar-refractivity contribution >= 4 is 29.2 Å². The number of aldehydes is 2. The van der Waals surface area contributed by atoms with Crippen LogP contribution in [0.5, 0.6) is 0 Å². The van der Waals surface area contributed by atoms with Gasteiger partial charge in [0.1, 0.15) is 30.6 Å². The highest BCUT2D eigenvalue weighted by atomic mass is 16.4. The zero-order valence-electron chi connectivity index (χ0n) is 13.0. The molecule has 2 aromatic rings. The number of hydrogen-bond donors (Lipinski definition) is 6. The summed E-state index contributed by atoms with van der Waals surface area (Å²) in [6.45, 7) is -0.782. The summed E-state index contributed by atoms with van der Waals surface area (Å²) in [5.74, 6) is 0. The number of aliphatic hydroxyl groups is 4. The molecule has 9 nitrogen and oxygen atoms in total. The van der Waals surface area contributed by atoms with Gasteiger partial charge in [-0.25, -0.2) is 0 Å². The standard InChI is InChI=1S/C16H18N2O7/c19-5-8-3-14(23)18-11-4-9(1-2-10(8)11)17-12(6-20)15(24)16(25)13(22)7-21/h1-6,12-13,15-17,21-22,24-25H,7H2,(H,18,23)/t12-,13+,15+,16+/m0/s1. The summed E-state index contributed by atoms with van der Waals surface area (Å²) in [6.07, 6.45) is -4.14. The first-order valence-corrected chi connectivity index (χ1v) is 7.40. The normalized spacial score (nSPS) is 16.0. The Labute approximate surface area is 141 Å². The van der Waals surface area contributed by atoms with E-state index in [0.717, 1.165) is 6.07 Å². The van der Waals surface area contributed by atoms with Crippen LogP contribution in [0.1, 0.15) is 10.4 Å². The summed E-state index contributed by atoms with van der Waals surface area (Å²) < 4.78 is 0. The van der Waals surface area contributed by atoms with Gasteiger partial charge >= 0.3 is 0 Å². The van der Waals surface area contributed by atoms with Crippen LogP contribution >= 0.6 is 0 Å². The number of H-pyrrole nitrogens is 1. The first kappa shape index (κ1) is 18.7. The van der Waals surface area contributed by atoms with Gasteiger partial charge in [-0.15, -0.1) is 0 Å². The van der Waals surface area contributed by atoms with Gasteiger partial charge in [0, 0.05) is 22.7 Å². The molecule has 0 saturated heterocycles. The lowest BCUT2D eigenvalue weighted by Crippen LogP contribution is -2.49. The van der Waals surface area contributed by atoms with Crippen molar-refractivity contribution in [1.82, 2.24) is 4.98 Å². The van der Waals surface area contributed by atoms with Crippen LogP contribution in [0.4, 0.5) is 5.69 Å². The molecule has 134 valence electrons. The summed E-state index contributed by atoms with van der Waals surface area (Å²) in [5.41, 5.74) is 0.404. The lowest BCUT2D eigenvalue weighted by molar-refractivity contribution is -0.117. The van der Waals surface area contributed by atoms with E-state index < -0.39 is 36.5 Å². The van der Waals surface area contributed by atoms with Gasteiger partial charge in [0.15, 0.2) is 6.29 Å². The van der Waals surface area contributed by atoms with Crippen LogP contribution < -0.4 is 10.9 Å². The average molecular weight is 350 g/mol. The van der Waals surface area contributed by atoms with Crippen LogP contribution in [-0.2, 0) is 4.79 Å². The Bertz CT molecular complexity index is 820. The third-order valence-electron chi connectivity index (χ3n) is 3.78. The Kier molecular flexibility index (Phi) is 5.99. The number of benzene rings is 1. The molecule has 0 amide bonds. The summed E-state index contributed by atoms with van der Waals surface area (Å²) in [4.78, 5) is 36.3. The number of pyridine rings is 1. The second-order valence-corrected chi connectivity index (χ2v) is 5.50. The molecule has 0 aliphatic rings. The zero-order chi connectivity index (χ0) is 18.6. The number of carbonyl (C=O) groups is 2. The number of aromatic nitrogens is 1. The van der Waals surface area contributed by atoms with E-state index in [0.29, 0.717) is 29.2 Å². The monoisotopic (exact) mass is 350 g/mol. The predicted octanol–water partition coefficient (Wildman–Crippen LogP) is -1.60. The largest absolute Gasteiger partial charge is 0.394 e. The Morgan fingerprint density at radius 3 is 2.44 bits per heavy atom. The van der Waals surface area contributed by atoms with Gasteiger partial charge in [0.05, 0.1) is 12.1 Å². The van der Waals surface area contributed by atoms with Gasteiger partial charge in [-0.1, -0.05) is 6.07 Å². The Morgan fingerprint density at radius 1 is 1.12 bits per heavy atom. The minimum Gasteiger partial charge on any atom is -0.394 e. The number of rotatable bonds is 8. The van der Waals surface area contributed by atoms with E-state index in [1.165, 1.54) is 12.1 Å². The predicted molar refractivity (Wildman–Crippen MR) is 88.5 cm³/mol. The molecular weight excluding hydrogens is 332 g/mol. The SMILES string of the molecule is O=Cc1cc(=O)[nH]c2cc(N[C@@H](C=O)[C@@H](O)[C@H](O)[C@H](O)CO)ccc12. The molecule has 9 heteroatoms. The third kappa shape index (κ3) is 4.09. The van der Waals surface area contributed by atoms with E-state index in [9.17, 15) is 29.7 Å². The molecule has 4 atom stereocenters. The number of carbonyl (C=O) groups excluding carboxylic acids is 2. The third-order valence-corrected chi connectivity index (χ3v) is 3.78. The maximum Gasteiger partial charge on any atom is 0.249 e. The fourth-order valence-corrected chi connectivity index (χ4v) is 2.41. The second kappa shape index (κ2) is 7.99. The van der Waals surface area contributed by atoms with Crippen LogP contribution in [0.2, 0.25) is 0 Å². The summed E-state index contributed by atoms with van der Waals surface area (Å²) in [6, 6.07) is 4.40. The molecule has 1 aromatic carbocycles. The van der Waals surface area contributed by atoms with E-state index >= 15 is 0 Å². The van der Waals surface area contributed by atoms with Crippen molar-refractivity contribution < 1.29 is 30.0 Å². The fourth-order valence-electron chi connectivity index (χ4n) is 2.41. The van der Waals surface area contributed by atoms with Crippen LogP contribution in [-0.4, -0.2) is 68.9 Å². The van der Waals surface area contributed by atoms with Crippen LogP contribution in [0.3, 0.4) is 0 Å². The van der Waals surface area contributed by atoms with Crippen LogP contribution in [0.15, 0.2) is 29.1 Å². The lowest BCUT2D eigenvalue weighted by Gasteiger charge is -2.26. The van der Waals surface area contributed by atoms with E-state index in [-0.39, 0.29) is 5.56 Å². The van der Waals surface area contributed by atoms with Crippen molar-refractivity contribution in [3.8, 4) is 0 Å². The highest BCUT2D eigenvalue weighted by Crippen LogP contribution is 2.20. The molecule has 0 aliphatic carbocycles. The first-order chi connectivity index (χ1) is 11.9. The molecule has 0 radical (unpaired) electrons. The van der Waals surface area contributed by atoms with Gasteiger partial charge in [-0.3, -0.25) is 9.59 Å². The number of aliphatic hydroxyl groups excluding tert-OH is 4. The molecule has 1 aromatic heterocycles. The minimum atomic E-state index is -1.74. The highest BCUT2D eigenvalue weighted by Gasteiger charge is 2.31. The molecule has 2 rings (SSSR count). The van der Waals surface area contributed by atoms with Crippen molar-refractivity contribution in [3.05, 3.63) is 40.2 Å².